The average Bonchev–Trinajstić information content (AvgIpc) is 3.05. The van der Waals surface area contributed by atoms with Gasteiger partial charge in [-0.25, -0.2) is 11.4 Å². The zero-order chi connectivity index (χ0) is 33.3. The van der Waals surface area contributed by atoms with Crippen molar-refractivity contribution in [3.05, 3.63) is 24.3 Å². The van der Waals surface area contributed by atoms with E-state index < -0.39 is 0 Å². The van der Waals surface area contributed by atoms with Crippen molar-refractivity contribution in [1.82, 2.24) is 10.4 Å². The van der Waals surface area contributed by atoms with Gasteiger partial charge in [-0.15, -0.1) is 0 Å². The minimum absolute atomic E-state index is 0.699. The van der Waals surface area contributed by atoms with Crippen molar-refractivity contribution in [2.75, 3.05) is 40.4 Å². The molecule has 0 saturated heterocycles. The Bertz CT molecular complexity index is 683. The van der Waals surface area contributed by atoms with Crippen LogP contribution in [-0.2, 0) is 9.68 Å². The third-order valence-electron chi connectivity index (χ3n) is 10.2. The zero-order valence-corrected chi connectivity index (χ0v) is 31.5. The number of nitrogens with zero attached hydrogens (tertiary/aromatic N) is 1. The topological polar surface area (TPSA) is 59.8 Å². The third-order valence-corrected chi connectivity index (χ3v) is 10.2. The van der Waals surface area contributed by atoms with Crippen LogP contribution < -0.4 is 11.4 Å². The van der Waals surface area contributed by atoms with E-state index in [2.05, 4.69) is 62.6 Å². The van der Waals surface area contributed by atoms with Crippen molar-refractivity contribution in [2.45, 2.75) is 174 Å². The van der Waals surface area contributed by atoms with Crippen LogP contribution in [0.5, 0.6) is 0 Å². The fourth-order valence-corrected chi connectivity index (χ4v) is 7.35. The van der Waals surface area contributed by atoms with Crippen LogP contribution >= 0.6 is 0 Å². The van der Waals surface area contributed by atoms with E-state index in [1.807, 2.05) is 0 Å². The highest BCUT2D eigenvalue weighted by Crippen LogP contribution is 2.43. The minimum atomic E-state index is 0.699. The fraction of sp³-hybridized carbons (Fsp3) is 0.902. The van der Waals surface area contributed by atoms with Crippen LogP contribution in [0.15, 0.2) is 24.3 Å². The minimum Gasteiger partial charge on any atom is -0.309 e. The molecule has 0 bridgehead atoms. The molecule has 0 aromatic heterocycles. The maximum atomic E-state index is 5.62. The normalized spacial score (nSPS) is 20.0. The number of unbranched alkanes of at least 4 members (excludes halogenated alkanes) is 17. The number of nitrogens with one attached hydrogen (secondary N) is 1. The van der Waals surface area contributed by atoms with Gasteiger partial charge in [-0.1, -0.05) is 147 Å². The van der Waals surface area contributed by atoms with Gasteiger partial charge in [-0.2, -0.15) is 0 Å². The molecule has 1 rings (SSSR count). The average molecular weight is 648 g/mol. The molecule has 1 aliphatic carbocycles. The number of hydroxylamine groups is 1. The van der Waals surface area contributed by atoms with Crippen molar-refractivity contribution in [2.24, 2.45) is 29.6 Å². The molecule has 0 aromatic rings. The predicted molar refractivity (Wildman–Crippen MR) is 202 cm³/mol. The maximum Gasteiger partial charge on any atom is 0.0682 e. The smallest absolute Gasteiger partial charge is 0.0682 e. The zero-order valence-electron chi connectivity index (χ0n) is 31.5. The van der Waals surface area contributed by atoms with E-state index in [0.29, 0.717) is 6.61 Å². The summed E-state index contributed by atoms with van der Waals surface area (Å²) in [7, 11) is 4.24. The molecule has 0 amide bonds. The van der Waals surface area contributed by atoms with Gasteiger partial charge in [-0.05, 0) is 95.7 Å². The Morgan fingerprint density at radius 1 is 0.630 bits per heavy atom. The molecule has 0 aromatic carbocycles. The number of hydrogen-bond acceptors (Lipinski definition) is 5. The molecule has 3 unspecified atom stereocenters. The number of nitrogens with two attached hydrogens (primary N) is 1. The summed E-state index contributed by atoms with van der Waals surface area (Å²) < 4.78 is 0. The van der Waals surface area contributed by atoms with E-state index in [0.717, 1.165) is 56.2 Å². The largest absolute Gasteiger partial charge is 0.309 e. The van der Waals surface area contributed by atoms with Crippen molar-refractivity contribution < 1.29 is 9.68 Å². The van der Waals surface area contributed by atoms with Crippen molar-refractivity contribution >= 4 is 0 Å². The molecule has 0 fully saturated rings. The van der Waals surface area contributed by atoms with Gasteiger partial charge >= 0.3 is 0 Å². The van der Waals surface area contributed by atoms with Crippen LogP contribution in [0.1, 0.15) is 174 Å². The predicted octanol–water partition coefficient (Wildman–Crippen LogP) is 11.3. The first-order chi connectivity index (χ1) is 22.6. The first kappa shape index (κ1) is 43.3. The molecule has 0 heterocycles. The summed E-state index contributed by atoms with van der Waals surface area (Å²) in [5.74, 6) is 8.25. The van der Waals surface area contributed by atoms with Gasteiger partial charge in [0.25, 0.3) is 0 Å². The second-order valence-corrected chi connectivity index (χ2v) is 14.7. The van der Waals surface area contributed by atoms with Crippen molar-refractivity contribution in [1.29, 1.82) is 0 Å². The summed E-state index contributed by atoms with van der Waals surface area (Å²) >= 11 is 0. The van der Waals surface area contributed by atoms with Crippen molar-refractivity contribution in [3.8, 4) is 0 Å². The summed E-state index contributed by atoms with van der Waals surface area (Å²) in [5, 5.41) is 0. The van der Waals surface area contributed by atoms with Gasteiger partial charge in [0.15, 0.2) is 0 Å². The summed E-state index contributed by atoms with van der Waals surface area (Å²) in [5.41, 5.74) is 3.12. The Kier molecular flexibility index (Phi) is 30.9. The lowest BCUT2D eigenvalue weighted by Crippen LogP contribution is -2.30. The summed E-state index contributed by atoms with van der Waals surface area (Å²) in [6.45, 7) is 8.26. The monoisotopic (exact) mass is 648 g/mol. The molecule has 46 heavy (non-hydrogen) atoms. The summed E-state index contributed by atoms with van der Waals surface area (Å²) in [4.78, 5) is 12.5. The number of hydrogen-bond donors (Lipinski definition) is 2. The molecular weight excluding hydrogens is 566 g/mol. The number of rotatable bonds is 34. The Morgan fingerprint density at radius 2 is 1.17 bits per heavy atom. The highest BCUT2D eigenvalue weighted by atomic mass is 16.6. The number of allylic oxidation sites excluding steroid dienone is 4. The Balaban J connectivity index is 2.57. The highest BCUT2D eigenvalue weighted by Gasteiger charge is 2.33. The van der Waals surface area contributed by atoms with Gasteiger partial charge in [0.1, 0.15) is 0 Å². The molecule has 272 valence electrons. The first-order valence-corrected chi connectivity index (χ1v) is 20.3. The lowest BCUT2D eigenvalue weighted by Gasteiger charge is -2.39. The highest BCUT2D eigenvalue weighted by molar-refractivity contribution is 5.10. The third kappa shape index (κ3) is 24.4. The van der Waals surface area contributed by atoms with Gasteiger partial charge in [0.05, 0.1) is 13.2 Å². The standard InChI is InChI=1S/C41H81N3O2/c1-5-7-9-21-28-38-32-33-39(29-22-17-14-16-20-26-37-46-43-34-27-35-44(3)4)41(40(38)30-23-10-8-6-2)31-24-18-13-11-12-15-19-25-36-45-42/h24,31-33,38-41,43H,5-23,25-30,34-37,42H2,1-4H3/t38?,39-,40?,41?/m1/s1. The van der Waals surface area contributed by atoms with Crippen LogP contribution in [0.2, 0.25) is 0 Å². The van der Waals surface area contributed by atoms with Crippen LogP contribution in [0.4, 0.5) is 0 Å². The molecule has 1 aliphatic rings. The molecule has 3 N–H and O–H groups in total. The van der Waals surface area contributed by atoms with E-state index >= 15 is 0 Å². The lowest BCUT2D eigenvalue weighted by atomic mass is 9.66. The van der Waals surface area contributed by atoms with Crippen LogP contribution in [0.3, 0.4) is 0 Å². The fourth-order valence-electron chi connectivity index (χ4n) is 7.35. The van der Waals surface area contributed by atoms with E-state index in [1.165, 1.54) is 148 Å². The molecule has 5 heteroatoms. The molecule has 0 aliphatic heterocycles. The Hall–Kier alpha value is -0.720. The second-order valence-electron chi connectivity index (χ2n) is 14.7. The van der Waals surface area contributed by atoms with Gasteiger partial charge in [0, 0.05) is 6.54 Å². The van der Waals surface area contributed by atoms with Crippen LogP contribution in [0.25, 0.3) is 0 Å². The summed E-state index contributed by atoms with van der Waals surface area (Å²) in [6, 6.07) is 0. The van der Waals surface area contributed by atoms with Gasteiger partial charge < -0.3 is 14.6 Å². The molecular formula is C41H81N3O2. The lowest BCUT2D eigenvalue weighted by molar-refractivity contribution is 0.0371. The van der Waals surface area contributed by atoms with Gasteiger partial charge in [-0.3, -0.25) is 0 Å². The SMILES string of the molecule is CCCCCCC1C=C[C@@H](CCCCCCCCONCCCN(C)C)C(C=CCCCCCCCCON)C1CCCCCC. The molecule has 0 radical (unpaired) electrons. The Morgan fingerprint density at radius 3 is 1.83 bits per heavy atom. The molecule has 4 atom stereocenters. The van der Waals surface area contributed by atoms with E-state index in [1.54, 1.807) is 0 Å². The van der Waals surface area contributed by atoms with Crippen LogP contribution in [-0.4, -0.2) is 45.3 Å². The van der Waals surface area contributed by atoms with Crippen molar-refractivity contribution in [3.63, 3.8) is 0 Å². The molecule has 5 nitrogen and oxygen atoms in total. The maximum absolute atomic E-state index is 5.62. The van der Waals surface area contributed by atoms with E-state index in [4.69, 9.17) is 15.6 Å². The van der Waals surface area contributed by atoms with E-state index in [9.17, 15) is 0 Å². The quantitative estimate of drug-likeness (QED) is 0.0413. The molecule has 0 spiro atoms. The van der Waals surface area contributed by atoms with Gasteiger partial charge in [0.2, 0.25) is 0 Å². The Labute approximate surface area is 288 Å². The van der Waals surface area contributed by atoms with E-state index in [-0.39, 0.29) is 0 Å². The second kappa shape index (κ2) is 32.8. The molecule has 0 saturated carbocycles. The van der Waals surface area contributed by atoms with Crippen LogP contribution in [0, 0.1) is 23.7 Å². The summed E-state index contributed by atoms with van der Waals surface area (Å²) in [6.07, 6.45) is 43.9. The first-order valence-electron chi connectivity index (χ1n) is 20.3.